The van der Waals surface area contributed by atoms with E-state index in [1.54, 1.807) is 4.90 Å². The van der Waals surface area contributed by atoms with Gasteiger partial charge in [0.1, 0.15) is 11.9 Å². The standard InChI is InChI=1S/C19H28N4O3.HI/c1-3-20-18(22-9-11-23(12-10-22)19(24)25-4-2)21-14-16-13-15-7-5-6-8-17(15)26-16;/h5-8,16H,3-4,9-14H2,1-2H3,(H,20,21);1H. The number of rotatable bonds is 4. The van der Waals surface area contributed by atoms with Gasteiger partial charge in [0.2, 0.25) is 0 Å². The van der Waals surface area contributed by atoms with Gasteiger partial charge < -0.3 is 24.6 Å². The molecule has 1 saturated heterocycles. The first-order valence-corrected chi connectivity index (χ1v) is 9.40. The van der Waals surface area contributed by atoms with Gasteiger partial charge in [-0.15, -0.1) is 24.0 Å². The predicted octanol–water partition coefficient (Wildman–Crippen LogP) is 2.35. The van der Waals surface area contributed by atoms with Gasteiger partial charge in [-0.1, -0.05) is 18.2 Å². The van der Waals surface area contributed by atoms with Crippen molar-refractivity contribution in [1.82, 2.24) is 15.1 Å². The molecule has 2 heterocycles. The molecule has 0 aromatic heterocycles. The molecule has 8 heteroatoms. The lowest BCUT2D eigenvalue weighted by Crippen LogP contribution is -2.54. The lowest BCUT2D eigenvalue weighted by molar-refractivity contribution is 0.0914. The van der Waals surface area contributed by atoms with E-state index in [0.29, 0.717) is 26.2 Å². The second-order valence-corrected chi connectivity index (χ2v) is 6.42. The fraction of sp³-hybridized carbons (Fsp3) is 0.579. The normalized spacial score (nSPS) is 19.0. The summed E-state index contributed by atoms with van der Waals surface area (Å²) in [5.41, 5.74) is 1.25. The molecule has 7 nitrogen and oxygen atoms in total. The summed E-state index contributed by atoms with van der Waals surface area (Å²) in [7, 11) is 0. The summed E-state index contributed by atoms with van der Waals surface area (Å²) < 4.78 is 11.1. The molecule has 0 bridgehead atoms. The van der Waals surface area contributed by atoms with Crippen LogP contribution in [0.4, 0.5) is 4.79 Å². The third-order valence-electron chi connectivity index (χ3n) is 4.60. The van der Waals surface area contributed by atoms with Gasteiger partial charge in [0.05, 0.1) is 13.2 Å². The summed E-state index contributed by atoms with van der Waals surface area (Å²) in [5, 5.41) is 3.35. The number of amides is 1. The lowest BCUT2D eigenvalue weighted by atomic mass is 10.1. The summed E-state index contributed by atoms with van der Waals surface area (Å²) in [6, 6.07) is 8.16. The van der Waals surface area contributed by atoms with Crippen molar-refractivity contribution >= 4 is 36.0 Å². The predicted molar refractivity (Wildman–Crippen MR) is 116 cm³/mol. The monoisotopic (exact) mass is 488 g/mol. The van der Waals surface area contributed by atoms with E-state index < -0.39 is 0 Å². The number of para-hydroxylation sites is 1. The molecule has 1 amide bonds. The maximum Gasteiger partial charge on any atom is 0.409 e. The maximum atomic E-state index is 11.8. The van der Waals surface area contributed by atoms with E-state index in [-0.39, 0.29) is 36.2 Å². The Labute approximate surface area is 178 Å². The molecule has 150 valence electrons. The van der Waals surface area contributed by atoms with Crippen molar-refractivity contribution in [2.24, 2.45) is 4.99 Å². The van der Waals surface area contributed by atoms with Crippen LogP contribution in [-0.2, 0) is 11.2 Å². The number of carbonyl (C=O) groups is 1. The molecule has 1 aromatic carbocycles. The van der Waals surface area contributed by atoms with E-state index in [9.17, 15) is 4.79 Å². The molecule has 1 aromatic rings. The fourth-order valence-electron chi connectivity index (χ4n) is 3.29. The molecule has 3 rings (SSSR count). The smallest absolute Gasteiger partial charge is 0.409 e. The topological polar surface area (TPSA) is 66.4 Å². The Hall–Kier alpha value is -1.71. The highest BCUT2D eigenvalue weighted by Crippen LogP contribution is 2.28. The molecule has 0 spiro atoms. The van der Waals surface area contributed by atoms with Gasteiger partial charge in [-0.05, 0) is 25.5 Å². The Balaban J connectivity index is 0.00000261. The molecule has 1 fully saturated rings. The zero-order chi connectivity index (χ0) is 18.4. The summed E-state index contributed by atoms with van der Waals surface area (Å²) in [4.78, 5) is 20.6. The first-order valence-electron chi connectivity index (χ1n) is 9.40. The molecule has 2 aliphatic rings. The van der Waals surface area contributed by atoms with E-state index in [4.69, 9.17) is 14.5 Å². The Kier molecular flexibility index (Phi) is 8.46. The summed E-state index contributed by atoms with van der Waals surface area (Å²) in [5.74, 6) is 1.86. The minimum Gasteiger partial charge on any atom is -0.488 e. The number of guanidine groups is 1. The molecule has 0 saturated carbocycles. The number of carbonyl (C=O) groups excluding carboxylic acids is 1. The molecular weight excluding hydrogens is 459 g/mol. The second kappa shape index (κ2) is 10.6. The molecule has 27 heavy (non-hydrogen) atoms. The third-order valence-corrected chi connectivity index (χ3v) is 4.60. The zero-order valence-corrected chi connectivity index (χ0v) is 18.3. The van der Waals surface area contributed by atoms with Crippen LogP contribution >= 0.6 is 24.0 Å². The maximum absolute atomic E-state index is 11.8. The van der Waals surface area contributed by atoms with Crippen molar-refractivity contribution in [3.8, 4) is 5.75 Å². The average molecular weight is 488 g/mol. The van der Waals surface area contributed by atoms with Gasteiger partial charge in [0, 0.05) is 39.1 Å². The molecule has 2 aliphatic heterocycles. The largest absolute Gasteiger partial charge is 0.488 e. The molecule has 0 aliphatic carbocycles. The van der Waals surface area contributed by atoms with Crippen LogP contribution in [0.1, 0.15) is 19.4 Å². The number of hydrogen-bond acceptors (Lipinski definition) is 4. The summed E-state index contributed by atoms with van der Waals surface area (Å²) >= 11 is 0. The number of hydrogen-bond donors (Lipinski definition) is 1. The second-order valence-electron chi connectivity index (χ2n) is 6.42. The zero-order valence-electron chi connectivity index (χ0n) is 16.0. The number of fused-ring (bicyclic) bond motifs is 1. The van der Waals surface area contributed by atoms with E-state index in [1.165, 1.54) is 5.56 Å². The highest BCUT2D eigenvalue weighted by molar-refractivity contribution is 14.0. The quantitative estimate of drug-likeness (QED) is 0.401. The lowest BCUT2D eigenvalue weighted by Gasteiger charge is -2.36. The van der Waals surface area contributed by atoms with Crippen molar-refractivity contribution in [3.05, 3.63) is 29.8 Å². The van der Waals surface area contributed by atoms with Crippen LogP contribution in [0.5, 0.6) is 5.75 Å². The SMILES string of the molecule is CCNC(=NCC1Cc2ccccc2O1)N1CCN(C(=O)OCC)CC1.I. The molecule has 1 N–H and O–H groups in total. The number of piperazine rings is 1. The number of aliphatic imine (C=N–C) groups is 1. The Morgan fingerprint density at radius 2 is 1.93 bits per heavy atom. The van der Waals surface area contributed by atoms with Crippen LogP contribution in [0, 0.1) is 0 Å². The average Bonchev–Trinajstić information content (AvgIpc) is 3.08. The highest BCUT2D eigenvalue weighted by atomic mass is 127. The van der Waals surface area contributed by atoms with Gasteiger partial charge in [-0.2, -0.15) is 0 Å². The molecule has 1 unspecified atom stereocenters. The first-order chi connectivity index (χ1) is 12.7. The molecular formula is C19H29IN4O3. The van der Waals surface area contributed by atoms with Crippen molar-refractivity contribution in [3.63, 3.8) is 0 Å². The molecule has 0 radical (unpaired) electrons. The minimum atomic E-state index is -0.230. The van der Waals surface area contributed by atoms with Crippen LogP contribution in [0.15, 0.2) is 29.3 Å². The van der Waals surface area contributed by atoms with E-state index in [2.05, 4.69) is 23.2 Å². The summed E-state index contributed by atoms with van der Waals surface area (Å²) in [6.45, 7) is 8.51. The van der Waals surface area contributed by atoms with Gasteiger partial charge in [-0.25, -0.2) is 9.79 Å². The third kappa shape index (κ3) is 5.63. The summed E-state index contributed by atoms with van der Waals surface area (Å²) in [6.07, 6.45) is 0.753. The number of ether oxygens (including phenoxy) is 2. The van der Waals surface area contributed by atoms with Crippen LogP contribution < -0.4 is 10.1 Å². The minimum absolute atomic E-state index is 0. The van der Waals surface area contributed by atoms with Gasteiger partial charge >= 0.3 is 6.09 Å². The highest BCUT2D eigenvalue weighted by Gasteiger charge is 2.25. The van der Waals surface area contributed by atoms with Crippen molar-refractivity contribution in [1.29, 1.82) is 0 Å². The van der Waals surface area contributed by atoms with Crippen molar-refractivity contribution < 1.29 is 14.3 Å². The Bertz CT molecular complexity index is 623. The number of benzene rings is 1. The Morgan fingerprint density at radius 3 is 2.59 bits per heavy atom. The van der Waals surface area contributed by atoms with Crippen molar-refractivity contribution in [2.45, 2.75) is 26.4 Å². The number of halogens is 1. The van der Waals surface area contributed by atoms with E-state index in [0.717, 1.165) is 37.8 Å². The van der Waals surface area contributed by atoms with Crippen LogP contribution in [-0.4, -0.2) is 73.8 Å². The number of nitrogens with one attached hydrogen (secondary N) is 1. The van der Waals surface area contributed by atoms with Crippen molar-refractivity contribution in [2.75, 3.05) is 45.9 Å². The van der Waals surface area contributed by atoms with Gasteiger partial charge in [0.25, 0.3) is 0 Å². The number of nitrogens with zero attached hydrogens (tertiary/aromatic N) is 3. The van der Waals surface area contributed by atoms with Crippen LogP contribution in [0.3, 0.4) is 0 Å². The van der Waals surface area contributed by atoms with E-state index in [1.807, 2.05) is 25.1 Å². The van der Waals surface area contributed by atoms with Crippen LogP contribution in [0.2, 0.25) is 0 Å². The fourth-order valence-corrected chi connectivity index (χ4v) is 3.29. The van der Waals surface area contributed by atoms with Crippen LogP contribution in [0.25, 0.3) is 0 Å². The first kappa shape index (κ1) is 21.6. The van der Waals surface area contributed by atoms with Gasteiger partial charge in [0.15, 0.2) is 5.96 Å². The molecule has 1 atom stereocenters. The van der Waals surface area contributed by atoms with Gasteiger partial charge in [-0.3, -0.25) is 0 Å². The Morgan fingerprint density at radius 1 is 1.22 bits per heavy atom. The van der Waals surface area contributed by atoms with E-state index >= 15 is 0 Å².